The number of imidazole rings is 1. The number of aliphatic hydroxyl groups is 2. The molecule has 33 heavy (non-hydrogen) atoms. The molecule has 4 atom stereocenters. The molecule has 3 heterocycles. The molecular formula is C18H19FN6O7S. The second kappa shape index (κ2) is 8.53. The van der Waals surface area contributed by atoms with Crippen molar-refractivity contribution in [2.45, 2.75) is 24.5 Å². The lowest BCUT2D eigenvalue weighted by molar-refractivity contribution is -0.0468. The molecule has 13 nitrogen and oxygen atoms in total. The van der Waals surface area contributed by atoms with E-state index in [1.807, 2.05) is 0 Å². The summed E-state index contributed by atoms with van der Waals surface area (Å²) in [5.74, 6) is -1.85. The van der Waals surface area contributed by atoms with E-state index in [9.17, 15) is 27.8 Å². The number of pyridine rings is 1. The number of nitrogen functional groups attached to an aromatic ring is 2. The summed E-state index contributed by atoms with van der Waals surface area (Å²) in [6.45, 7) is -0.738. The Morgan fingerprint density at radius 1 is 1.21 bits per heavy atom. The van der Waals surface area contributed by atoms with Crippen LogP contribution in [0.3, 0.4) is 0 Å². The van der Waals surface area contributed by atoms with Crippen LogP contribution in [0.25, 0.3) is 11.2 Å². The summed E-state index contributed by atoms with van der Waals surface area (Å²) in [6, 6.07) is 4.34. The van der Waals surface area contributed by atoms with Gasteiger partial charge >= 0.3 is 10.3 Å². The zero-order valence-electron chi connectivity index (χ0n) is 16.7. The highest BCUT2D eigenvalue weighted by atomic mass is 32.2. The number of nitrogens with one attached hydrogen (secondary N) is 1. The zero-order chi connectivity index (χ0) is 23.9. The Kier molecular flexibility index (Phi) is 5.89. The Morgan fingerprint density at radius 2 is 1.97 bits per heavy atom. The number of amides is 1. The van der Waals surface area contributed by atoms with Gasteiger partial charge in [-0.1, -0.05) is 0 Å². The van der Waals surface area contributed by atoms with E-state index in [0.717, 1.165) is 18.2 Å². The molecule has 0 spiro atoms. The number of fused-ring (bicyclic) bond motifs is 1. The summed E-state index contributed by atoms with van der Waals surface area (Å²) in [6.07, 6.45) is -2.72. The summed E-state index contributed by atoms with van der Waals surface area (Å²) in [4.78, 5) is 20.4. The number of ether oxygens (including phenoxy) is 1. The highest BCUT2D eigenvalue weighted by molar-refractivity contribution is 7.85. The van der Waals surface area contributed by atoms with E-state index in [1.54, 1.807) is 4.72 Å². The maximum absolute atomic E-state index is 13.1. The Hall–Kier alpha value is -3.37. The minimum Gasteiger partial charge on any atom is -0.398 e. The Morgan fingerprint density at radius 3 is 2.70 bits per heavy atom. The number of carbonyl (C=O) groups is 1. The molecule has 1 aromatic carbocycles. The van der Waals surface area contributed by atoms with Crippen molar-refractivity contribution in [3.05, 3.63) is 48.2 Å². The first-order chi connectivity index (χ1) is 15.6. The number of hydrogen-bond donors (Lipinski definition) is 5. The van der Waals surface area contributed by atoms with Crippen LogP contribution in [-0.4, -0.2) is 64.0 Å². The van der Waals surface area contributed by atoms with Crippen molar-refractivity contribution in [1.29, 1.82) is 0 Å². The fourth-order valence-electron chi connectivity index (χ4n) is 3.33. The molecule has 15 heteroatoms. The number of nitrogens with two attached hydrogens (primary N) is 2. The van der Waals surface area contributed by atoms with E-state index >= 15 is 0 Å². The molecule has 7 N–H and O–H groups in total. The molecule has 0 bridgehead atoms. The minimum absolute atomic E-state index is 0.273. The first-order valence-electron chi connectivity index (χ1n) is 9.42. The van der Waals surface area contributed by atoms with Gasteiger partial charge in [-0.3, -0.25) is 13.5 Å². The van der Waals surface area contributed by atoms with Crippen LogP contribution < -0.4 is 16.2 Å². The summed E-state index contributed by atoms with van der Waals surface area (Å²) in [7, 11) is -4.67. The molecule has 4 rings (SSSR count). The van der Waals surface area contributed by atoms with Gasteiger partial charge in [-0.2, -0.15) is 8.42 Å². The average Bonchev–Trinajstić information content (AvgIpc) is 3.29. The van der Waals surface area contributed by atoms with Crippen molar-refractivity contribution in [2.75, 3.05) is 18.1 Å². The van der Waals surface area contributed by atoms with Crippen molar-refractivity contribution >= 4 is 38.7 Å². The second-order valence-electron chi connectivity index (χ2n) is 7.17. The number of aromatic nitrogens is 3. The smallest absolute Gasteiger partial charge is 0.362 e. The fourth-order valence-corrected chi connectivity index (χ4v) is 4.04. The van der Waals surface area contributed by atoms with Crippen LogP contribution in [0.1, 0.15) is 16.6 Å². The van der Waals surface area contributed by atoms with Crippen LogP contribution in [-0.2, 0) is 19.2 Å². The molecule has 1 aliphatic rings. The molecule has 176 valence electrons. The molecule has 1 amide bonds. The SMILES string of the molecule is Nc1cc(F)ccc1C(=O)NS(=O)(=O)OC[C@H]1O[C@@H](n2cnc3c(N)ccnc32)[C@H](O)[C@@H]1O. The summed E-state index contributed by atoms with van der Waals surface area (Å²) < 4.78 is 50.7. The summed E-state index contributed by atoms with van der Waals surface area (Å²) in [5.41, 5.74) is 11.8. The number of hydrogen-bond acceptors (Lipinski definition) is 11. The number of carbonyl (C=O) groups excluding carboxylic acids is 1. The fraction of sp³-hybridized carbons (Fsp3) is 0.278. The maximum atomic E-state index is 13.1. The van der Waals surface area contributed by atoms with Gasteiger partial charge in [-0.15, -0.1) is 0 Å². The number of benzene rings is 1. The highest BCUT2D eigenvalue weighted by Gasteiger charge is 2.45. The number of rotatable bonds is 6. The third-order valence-corrected chi connectivity index (χ3v) is 5.85. The van der Waals surface area contributed by atoms with E-state index in [2.05, 4.69) is 9.97 Å². The molecular weight excluding hydrogens is 463 g/mol. The van der Waals surface area contributed by atoms with Crippen LogP contribution in [0, 0.1) is 5.82 Å². The first-order valence-corrected chi connectivity index (χ1v) is 10.8. The van der Waals surface area contributed by atoms with Gasteiger partial charge < -0.3 is 26.4 Å². The highest BCUT2D eigenvalue weighted by Crippen LogP contribution is 2.32. The van der Waals surface area contributed by atoms with Gasteiger partial charge in [-0.05, 0) is 24.3 Å². The molecule has 1 fully saturated rings. The normalized spacial score (nSPS) is 23.1. The van der Waals surface area contributed by atoms with Crippen molar-refractivity contribution in [2.24, 2.45) is 0 Å². The molecule has 2 aromatic heterocycles. The molecule has 1 saturated heterocycles. The quantitative estimate of drug-likeness (QED) is 0.271. The van der Waals surface area contributed by atoms with Crippen LogP contribution >= 0.6 is 0 Å². The number of aliphatic hydroxyl groups excluding tert-OH is 2. The van der Waals surface area contributed by atoms with Crippen molar-refractivity contribution < 1.29 is 36.7 Å². The largest absolute Gasteiger partial charge is 0.398 e. The Labute approximate surface area is 186 Å². The average molecular weight is 482 g/mol. The maximum Gasteiger partial charge on any atom is 0.362 e. The van der Waals surface area contributed by atoms with Gasteiger partial charge in [0.25, 0.3) is 5.91 Å². The Balaban J connectivity index is 1.43. The van der Waals surface area contributed by atoms with E-state index in [-0.39, 0.29) is 16.9 Å². The minimum atomic E-state index is -4.67. The predicted octanol–water partition coefficient (Wildman–Crippen LogP) is -0.955. The third-order valence-electron chi connectivity index (χ3n) is 4.97. The van der Waals surface area contributed by atoms with Gasteiger partial charge in [0, 0.05) is 11.9 Å². The first kappa shape index (κ1) is 22.8. The van der Waals surface area contributed by atoms with Gasteiger partial charge in [0.05, 0.1) is 24.2 Å². The van der Waals surface area contributed by atoms with Gasteiger partial charge in [-0.25, -0.2) is 19.1 Å². The zero-order valence-corrected chi connectivity index (χ0v) is 17.5. The third kappa shape index (κ3) is 4.44. The van der Waals surface area contributed by atoms with Crippen LogP contribution in [0.2, 0.25) is 0 Å². The van der Waals surface area contributed by atoms with Crippen LogP contribution in [0.5, 0.6) is 0 Å². The molecule has 0 radical (unpaired) electrons. The molecule has 0 saturated carbocycles. The topological polar surface area (TPSA) is 205 Å². The lowest BCUT2D eigenvalue weighted by Gasteiger charge is -2.16. The Bertz CT molecular complexity index is 1320. The van der Waals surface area contributed by atoms with E-state index in [1.165, 1.54) is 23.2 Å². The van der Waals surface area contributed by atoms with Crippen LogP contribution in [0.4, 0.5) is 15.8 Å². The number of halogens is 1. The van der Waals surface area contributed by atoms with E-state index < -0.39 is 53.2 Å². The van der Waals surface area contributed by atoms with Crippen molar-refractivity contribution in [3.63, 3.8) is 0 Å². The lowest BCUT2D eigenvalue weighted by Crippen LogP contribution is -2.38. The van der Waals surface area contributed by atoms with E-state index in [4.69, 9.17) is 20.4 Å². The predicted molar refractivity (Wildman–Crippen MR) is 111 cm³/mol. The van der Waals surface area contributed by atoms with Gasteiger partial charge in [0.2, 0.25) is 0 Å². The number of nitrogens with zero attached hydrogens (tertiary/aromatic N) is 3. The molecule has 0 unspecified atom stereocenters. The van der Waals surface area contributed by atoms with Gasteiger partial charge in [0.1, 0.15) is 29.6 Å². The summed E-state index contributed by atoms with van der Waals surface area (Å²) in [5, 5.41) is 20.7. The van der Waals surface area contributed by atoms with Crippen molar-refractivity contribution in [3.8, 4) is 0 Å². The second-order valence-corrected chi connectivity index (χ2v) is 8.52. The molecule has 0 aliphatic carbocycles. The van der Waals surface area contributed by atoms with Gasteiger partial charge in [0.15, 0.2) is 11.9 Å². The monoisotopic (exact) mass is 482 g/mol. The molecule has 1 aliphatic heterocycles. The van der Waals surface area contributed by atoms with Crippen molar-refractivity contribution in [1.82, 2.24) is 19.3 Å². The van der Waals surface area contributed by atoms with E-state index in [0.29, 0.717) is 11.2 Å². The lowest BCUT2D eigenvalue weighted by atomic mass is 10.1. The molecule has 3 aromatic rings. The standard InChI is InChI=1S/C18H19FN6O7S/c19-8-1-2-9(11(21)5-8)17(28)24-33(29,30)31-6-12-14(26)15(27)18(32-12)25-7-23-13-10(20)3-4-22-16(13)25/h1-5,7,12,14-15,18,26-27H,6,21H2,(H2,20,22)(H,24,28)/t12-,14-,15-,18-/m1/s1. The summed E-state index contributed by atoms with van der Waals surface area (Å²) >= 11 is 0. The number of anilines is 2. The van der Waals surface area contributed by atoms with Crippen LogP contribution in [0.15, 0.2) is 36.8 Å².